The standard InChI is InChI=1S/C22H20F2N6O3/c1-2-32-14-7-13(8-14)29-11-16(21(28-29)20-15(23)3-6-19(24)27-20)30-10-12(9-26-30)17-4-5-18(33-17)22(25)31/h3-6,9-11,13-14H,2,7-8H2,1H3,(H2,25,31). The van der Waals surface area contributed by atoms with Gasteiger partial charge in [0.25, 0.3) is 5.91 Å². The molecule has 33 heavy (non-hydrogen) atoms. The average Bonchev–Trinajstić information content (AvgIpc) is 3.50. The summed E-state index contributed by atoms with van der Waals surface area (Å²) in [6, 6.07) is 5.09. The van der Waals surface area contributed by atoms with Gasteiger partial charge < -0.3 is 14.9 Å². The molecule has 1 fully saturated rings. The maximum absolute atomic E-state index is 14.6. The molecular weight excluding hydrogens is 434 g/mol. The van der Waals surface area contributed by atoms with Crippen molar-refractivity contribution in [3.8, 4) is 28.4 Å². The van der Waals surface area contributed by atoms with Gasteiger partial charge in [-0.15, -0.1) is 0 Å². The van der Waals surface area contributed by atoms with E-state index in [1.54, 1.807) is 23.1 Å². The van der Waals surface area contributed by atoms with Crippen molar-refractivity contribution < 1.29 is 22.7 Å². The quantitative estimate of drug-likeness (QED) is 0.428. The van der Waals surface area contributed by atoms with Crippen molar-refractivity contribution in [3.05, 3.63) is 60.4 Å². The summed E-state index contributed by atoms with van der Waals surface area (Å²) in [5, 5.41) is 8.87. The summed E-state index contributed by atoms with van der Waals surface area (Å²) >= 11 is 0. The molecule has 0 aliphatic heterocycles. The van der Waals surface area contributed by atoms with Crippen molar-refractivity contribution in [1.82, 2.24) is 24.5 Å². The van der Waals surface area contributed by atoms with Crippen molar-refractivity contribution in [2.24, 2.45) is 5.73 Å². The van der Waals surface area contributed by atoms with Gasteiger partial charge in [0, 0.05) is 12.8 Å². The summed E-state index contributed by atoms with van der Waals surface area (Å²) in [4.78, 5) is 15.0. The highest BCUT2D eigenvalue weighted by molar-refractivity contribution is 5.90. The summed E-state index contributed by atoms with van der Waals surface area (Å²) in [6.45, 7) is 2.57. The topological polar surface area (TPSA) is 114 Å². The Morgan fingerprint density at radius 2 is 2.03 bits per heavy atom. The van der Waals surface area contributed by atoms with Crippen LogP contribution in [-0.2, 0) is 4.74 Å². The van der Waals surface area contributed by atoms with E-state index >= 15 is 0 Å². The van der Waals surface area contributed by atoms with Gasteiger partial charge in [0.15, 0.2) is 11.6 Å². The van der Waals surface area contributed by atoms with Crippen LogP contribution in [0.1, 0.15) is 36.4 Å². The first-order valence-corrected chi connectivity index (χ1v) is 10.4. The molecule has 170 valence electrons. The molecule has 5 rings (SSSR count). The van der Waals surface area contributed by atoms with E-state index in [4.69, 9.17) is 14.9 Å². The SMILES string of the molecule is CCOC1CC(n2cc(-n3cc(-c4ccc(C(N)=O)o4)cn3)c(-c3nc(F)ccc3F)n2)C1. The van der Waals surface area contributed by atoms with Crippen LogP contribution in [0.25, 0.3) is 28.4 Å². The van der Waals surface area contributed by atoms with Crippen LogP contribution in [-0.4, -0.2) is 43.2 Å². The maximum Gasteiger partial charge on any atom is 0.284 e. The zero-order valence-corrected chi connectivity index (χ0v) is 17.6. The van der Waals surface area contributed by atoms with Crippen molar-refractivity contribution in [2.75, 3.05) is 6.61 Å². The fraction of sp³-hybridized carbons (Fsp3) is 0.273. The van der Waals surface area contributed by atoms with E-state index in [9.17, 15) is 13.6 Å². The van der Waals surface area contributed by atoms with Gasteiger partial charge in [-0.05, 0) is 44.0 Å². The van der Waals surface area contributed by atoms with Gasteiger partial charge >= 0.3 is 0 Å². The lowest BCUT2D eigenvalue weighted by atomic mass is 9.89. The van der Waals surface area contributed by atoms with E-state index in [1.807, 2.05) is 6.92 Å². The Kier molecular flexibility index (Phi) is 5.25. The van der Waals surface area contributed by atoms with Crippen LogP contribution < -0.4 is 5.73 Å². The molecule has 1 aliphatic carbocycles. The van der Waals surface area contributed by atoms with Crippen LogP contribution >= 0.6 is 0 Å². The van der Waals surface area contributed by atoms with Crippen LogP contribution in [0.2, 0.25) is 0 Å². The molecule has 1 amide bonds. The summed E-state index contributed by atoms with van der Waals surface area (Å²) in [7, 11) is 0. The molecule has 1 saturated carbocycles. The van der Waals surface area contributed by atoms with E-state index in [1.165, 1.54) is 16.9 Å². The molecule has 1 aliphatic rings. The number of halogens is 2. The number of hydrogen-bond acceptors (Lipinski definition) is 6. The van der Waals surface area contributed by atoms with Crippen LogP contribution in [0.3, 0.4) is 0 Å². The Balaban J connectivity index is 1.54. The Morgan fingerprint density at radius 3 is 2.76 bits per heavy atom. The zero-order valence-electron chi connectivity index (χ0n) is 17.6. The van der Waals surface area contributed by atoms with E-state index in [2.05, 4.69) is 15.2 Å². The van der Waals surface area contributed by atoms with Gasteiger partial charge in [-0.1, -0.05) is 0 Å². The van der Waals surface area contributed by atoms with Gasteiger partial charge in [-0.3, -0.25) is 9.48 Å². The van der Waals surface area contributed by atoms with Gasteiger partial charge in [0.05, 0.1) is 30.1 Å². The zero-order chi connectivity index (χ0) is 23.1. The molecule has 9 nitrogen and oxygen atoms in total. The Hall–Kier alpha value is -3.86. The fourth-order valence-corrected chi connectivity index (χ4v) is 3.82. The van der Waals surface area contributed by atoms with Crippen molar-refractivity contribution in [3.63, 3.8) is 0 Å². The minimum atomic E-state index is -0.817. The lowest BCUT2D eigenvalue weighted by molar-refractivity contribution is -0.0226. The molecule has 0 bridgehead atoms. The highest BCUT2D eigenvalue weighted by Crippen LogP contribution is 2.37. The van der Waals surface area contributed by atoms with E-state index < -0.39 is 17.7 Å². The number of nitrogens with two attached hydrogens (primary N) is 1. The number of carbonyl (C=O) groups is 1. The Morgan fingerprint density at radius 1 is 1.21 bits per heavy atom. The molecule has 4 aromatic rings. The predicted molar refractivity (Wildman–Crippen MR) is 112 cm³/mol. The van der Waals surface area contributed by atoms with Crippen molar-refractivity contribution in [1.29, 1.82) is 0 Å². The number of ether oxygens (including phenoxy) is 1. The van der Waals surface area contributed by atoms with E-state index in [0.29, 0.717) is 23.6 Å². The Labute approximate surface area is 186 Å². The molecule has 2 N–H and O–H groups in total. The molecular formula is C22H20F2N6O3. The molecule has 11 heteroatoms. The first-order valence-electron chi connectivity index (χ1n) is 10.4. The second-order valence-electron chi connectivity index (χ2n) is 7.71. The first-order chi connectivity index (χ1) is 15.9. The Bertz CT molecular complexity index is 1320. The van der Waals surface area contributed by atoms with Crippen molar-refractivity contribution >= 4 is 5.91 Å². The molecule has 4 aromatic heterocycles. The number of hydrogen-bond donors (Lipinski definition) is 1. The molecule has 0 spiro atoms. The highest BCUT2D eigenvalue weighted by Gasteiger charge is 2.33. The summed E-state index contributed by atoms with van der Waals surface area (Å²) in [6.07, 6.45) is 6.56. The minimum Gasteiger partial charge on any atom is -0.451 e. The molecule has 0 aromatic carbocycles. The maximum atomic E-state index is 14.6. The fourth-order valence-electron chi connectivity index (χ4n) is 3.82. The van der Waals surface area contributed by atoms with Crippen LogP contribution in [0, 0.1) is 11.8 Å². The van der Waals surface area contributed by atoms with E-state index in [-0.39, 0.29) is 29.3 Å². The van der Waals surface area contributed by atoms with Gasteiger partial charge in [0.1, 0.15) is 22.8 Å². The second-order valence-corrected chi connectivity index (χ2v) is 7.71. The number of pyridine rings is 1. The van der Waals surface area contributed by atoms with Crippen LogP contribution in [0.15, 0.2) is 47.3 Å². The normalized spacial score (nSPS) is 17.8. The number of primary amides is 1. The number of rotatable bonds is 7. The first kappa shape index (κ1) is 21.0. The number of carbonyl (C=O) groups excluding carboxylic acids is 1. The largest absolute Gasteiger partial charge is 0.451 e. The van der Waals surface area contributed by atoms with Crippen molar-refractivity contribution in [2.45, 2.75) is 31.9 Å². The molecule has 0 unspecified atom stereocenters. The summed E-state index contributed by atoms with van der Waals surface area (Å²) in [5.41, 5.74) is 6.16. The second kappa shape index (κ2) is 8.24. The minimum absolute atomic E-state index is 0.0196. The number of nitrogens with zero attached hydrogens (tertiary/aromatic N) is 5. The van der Waals surface area contributed by atoms with Crippen LogP contribution in [0.4, 0.5) is 8.78 Å². The lowest BCUT2D eigenvalue weighted by Crippen LogP contribution is -2.33. The lowest BCUT2D eigenvalue weighted by Gasteiger charge is -2.34. The molecule has 0 atom stereocenters. The molecule has 0 saturated heterocycles. The average molecular weight is 454 g/mol. The monoisotopic (exact) mass is 454 g/mol. The number of aromatic nitrogens is 5. The highest BCUT2D eigenvalue weighted by atomic mass is 19.1. The number of amides is 1. The van der Waals surface area contributed by atoms with Crippen LogP contribution in [0.5, 0.6) is 0 Å². The van der Waals surface area contributed by atoms with E-state index in [0.717, 1.165) is 25.0 Å². The smallest absolute Gasteiger partial charge is 0.284 e. The third kappa shape index (κ3) is 3.91. The molecule has 4 heterocycles. The third-order valence-electron chi connectivity index (χ3n) is 5.56. The van der Waals surface area contributed by atoms with Gasteiger partial charge in [0.2, 0.25) is 5.95 Å². The van der Waals surface area contributed by atoms with Gasteiger partial charge in [-0.2, -0.15) is 14.6 Å². The van der Waals surface area contributed by atoms with Gasteiger partial charge in [-0.25, -0.2) is 14.1 Å². The number of furan rings is 1. The predicted octanol–water partition coefficient (Wildman–Crippen LogP) is 3.51. The summed E-state index contributed by atoms with van der Waals surface area (Å²) in [5.74, 6) is -1.80. The molecule has 0 radical (unpaired) electrons. The third-order valence-corrected chi connectivity index (χ3v) is 5.56. The summed E-state index contributed by atoms with van der Waals surface area (Å²) < 4.78 is 42.7.